The summed E-state index contributed by atoms with van der Waals surface area (Å²) >= 11 is 1.70. The Hall–Kier alpha value is -1.72. The average Bonchev–Trinajstić information content (AvgIpc) is 3.00. The standard InChI is InChI=1S/C20H25FN2OS/c21-18-7-5-16(6-8-18)13-20(24)22-14-19(17-9-12-25-15-17)23-10-3-1-2-4-11-23/h5-9,12,15,19H,1-4,10-11,13-14H2,(H,22,24)/t19-/m0/s1. The lowest BCUT2D eigenvalue weighted by Crippen LogP contribution is -2.39. The molecule has 0 bridgehead atoms. The quantitative estimate of drug-likeness (QED) is 0.839. The second-order valence-corrected chi connectivity index (χ2v) is 7.41. The molecule has 1 fully saturated rings. The van der Waals surface area contributed by atoms with Gasteiger partial charge in [-0.3, -0.25) is 9.69 Å². The molecule has 2 aromatic rings. The third kappa shape index (κ3) is 5.38. The number of nitrogens with one attached hydrogen (secondary N) is 1. The second kappa shape index (κ2) is 9.11. The van der Waals surface area contributed by atoms with Crippen LogP contribution in [0.2, 0.25) is 0 Å². The Labute approximate surface area is 152 Å². The van der Waals surface area contributed by atoms with Gasteiger partial charge in [-0.2, -0.15) is 11.3 Å². The zero-order valence-electron chi connectivity index (χ0n) is 14.4. The molecule has 5 heteroatoms. The Morgan fingerprint density at radius 3 is 2.48 bits per heavy atom. The summed E-state index contributed by atoms with van der Waals surface area (Å²) in [6.45, 7) is 2.81. The minimum Gasteiger partial charge on any atom is -0.354 e. The van der Waals surface area contributed by atoms with Crippen molar-refractivity contribution >= 4 is 17.2 Å². The van der Waals surface area contributed by atoms with E-state index >= 15 is 0 Å². The minimum atomic E-state index is -0.275. The molecule has 1 saturated heterocycles. The van der Waals surface area contributed by atoms with Crippen LogP contribution in [0.15, 0.2) is 41.1 Å². The summed E-state index contributed by atoms with van der Waals surface area (Å²) in [7, 11) is 0. The van der Waals surface area contributed by atoms with Crippen LogP contribution in [0.1, 0.15) is 42.9 Å². The van der Waals surface area contributed by atoms with Gasteiger partial charge in [0.25, 0.3) is 0 Å². The molecule has 1 atom stereocenters. The molecule has 3 rings (SSSR count). The number of halogens is 1. The van der Waals surface area contributed by atoms with Gasteiger partial charge in [0.2, 0.25) is 5.91 Å². The van der Waals surface area contributed by atoms with Crippen LogP contribution in [0.25, 0.3) is 0 Å². The second-order valence-electron chi connectivity index (χ2n) is 6.63. The number of nitrogens with zero attached hydrogens (tertiary/aromatic N) is 1. The van der Waals surface area contributed by atoms with Gasteiger partial charge in [-0.1, -0.05) is 25.0 Å². The van der Waals surface area contributed by atoms with Crippen molar-refractivity contribution in [3.63, 3.8) is 0 Å². The van der Waals surface area contributed by atoms with Crippen LogP contribution in [0, 0.1) is 5.82 Å². The molecule has 1 aromatic heterocycles. The SMILES string of the molecule is O=C(Cc1ccc(F)cc1)NC[C@@H](c1ccsc1)N1CCCCCC1. The fraction of sp³-hybridized carbons (Fsp3) is 0.450. The number of hydrogen-bond acceptors (Lipinski definition) is 3. The van der Waals surface area contributed by atoms with Gasteiger partial charge >= 0.3 is 0 Å². The first kappa shape index (κ1) is 18.1. The highest BCUT2D eigenvalue weighted by Gasteiger charge is 2.22. The normalized spacial score (nSPS) is 17.0. The van der Waals surface area contributed by atoms with Crippen LogP contribution >= 0.6 is 11.3 Å². The number of carbonyl (C=O) groups excluding carboxylic acids is 1. The van der Waals surface area contributed by atoms with E-state index in [2.05, 4.69) is 27.0 Å². The fourth-order valence-electron chi connectivity index (χ4n) is 3.39. The maximum atomic E-state index is 13.0. The number of amides is 1. The van der Waals surface area contributed by atoms with Crippen LogP contribution in [-0.2, 0) is 11.2 Å². The van der Waals surface area contributed by atoms with Gasteiger partial charge in [0, 0.05) is 6.54 Å². The third-order valence-corrected chi connectivity index (χ3v) is 5.48. The maximum absolute atomic E-state index is 13.0. The predicted molar refractivity (Wildman–Crippen MR) is 100 cm³/mol. The summed E-state index contributed by atoms with van der Waals surface area (Å²) < 4.78 is 13.0. The highest BCUT2D eigenvalue weighted by atomic mass is 32.1. The third-order valence-electron chi connectivity index (χ3n) is 4.78. The molecular formula is C20H25FN2OS. The summed E-state index contributed by atoms with van der Waals surface area (Å²) in [5.41, 5.74) is 2.12. The van der Waals surface area contributed by atoms with Crippen molar-refractivity contribution in [3.05, 3.63) is 58.0 Å². The molecule has 1 aliphatic heterocycles. The largest absolute Gasteiger partial charge is 0.354 e. The summed E-state index contributed by atoms with van der Waals surface area (Å²) in [5.74, 6) is -0.287. The topological polar surface area (TPSA) is 32.3 Å². The van der Waals surface area contributed by atoms with Crippen molar-refractivity contribution in [2.75, 3.05) is 19.6 Å². The molecule has 0 spiro atoms. The first-order chi connectivity index (χ1) is 12.2. The van der Waals surface area contributed by atoms with Crippen LogP contribution in [0.4, 0.5) is 4.39 Å². The number of thiophene rings is 1. The van der Waals surface area contributed by atoms with E-state index in [1.54, 1.807) is 23.5 Å². The Morgan fingerprint density at radius 1 is 1.12 bits per heavy atom. The smallest absolute Gasteiger partial charge is 0.224 e. The van der Waals surface area contributed by atoms with Crippen LogP contribution in [0.3, 0.4) is 0 Å². The fourth-order valence-corrected chi connectivity index (χ4v) is 4.10. The molecule has 25 heavy (non-hydrogen) atoms. The van der Waals surface area contributed by atoms with E-state index in [-0.39, 0.29) is 24.2 Å². The zero-order chi connectivity index (χ0) is 17.5. The zero-order valence-corrected chi connectivity index (χ0v) is 15.2. The molecule has 2 heterocycles. The molecule has 3 nitrogen and oxygen atoms in total. The first-order valence-electron chi connectivity index (χ1n) is 8.99. The van der Waals surface area contributed by atoms with Crippen molar-refractivity contribution in [3.8, 4) is 0 Å². The summed E-state index contributed by atoms with van der Waals surface area (Å²) in [6.07, 6.45) is 5.33. The lowest BCUT2D eigenvalue weighted by molar-refractivity contribution is -0.120. The number of likely N-dealkylation sites (tertiary alicyclic amines) is 1. The van der Waals surface area contributed by atoms with E-state index in [0.717, 1.165) is 18.7 Å². The number of benzene rings is 1. The highest BCUT2D eigenvalue weighted by Crippen LogP contribution is 2.25. The van der Waals surface area contributed by atoms with E-state index in [0.29, 0.717) is 6.54 Å². The Bertz CT molecular complexity index is 649. The van der Waals surface area contributed by atoms with Crippen molar-refractivity contribution in [1.82, 2.24) is 10.2 Å². The van der Waals surface area contributed by atoms with Gasteiger partial charge in [0.1, 0.15) is 5.82 Å². The maximum Gasteiger partial charge on any atom is 0.224 e. The molecule has 0 aliphatic carbocycles. The first-order valence-corrected chi connectivity index (χ1v) is 9.94. The molecule has 0 unspecified atom stereocenters. The number of hydrogen-bond donors (Lipinski definition) is 1. The van der Waals surface area contributed by atoms with E-state index in [1.165, 1.54) is 43.4 Å². The van der Waals surface area contributed by atoms with Gasteiger partial charge in [-0.25, -0.2) is 4.39 Å². The summed E-state index contributed by atoms with van der Waals surface area (Å²) in [4.78, 5) is 14.8. The van der Waals surface area contributed by atoms with Gasteiger partial charge in [0.15, 0.2) is 0 Å². The number of carbonyl (C=O) groups is 1. The molecule has 1 amide bonds. The lowest BCUT2D eigenvalue weighted by atomic mass is 10.1. The molecule has 1 N–H and O–H groups in total. The van der Waals surface area contributed by atoms with Gasteiger partial charge in [-0.15, -0.1) is 0 Å². The van der Waals surface area contributed by atoms with E-state index in [9.17, 15) is 9.18 Å². The molecule has 1 aliphatic rings. The van der Waals surface area contributed by atoms with Crippen molar-refractivity contribution in [1.29, 1.82) is 0 Å². The van der Waals surface area contributed by atoms with Crippen LogP contribution in [0.5, 0.6) is 0 Å². The Kier molecular flexibility index (Phi) is 6.59. The monoisotopic (exact) mass is 360 g/mol. The Morgan fingerprint density at radius 2 is 1.84 bits per heavy atom. The van der Waals surface area contributed by atoms with Gasteiger partial charge in [0.05, 0.1) is 12.5 Å². The van der Waals surface area contributed by atoms with E-state index in [1.807, 2.05) is 0 Å². The van der Waals surface area contributed by atoms with Crippen molar-refractivity contribution < 1.29 is 9.18 Å². The molecule has 0 saturated carbocycles. The van der Waals surface area contributed by atoms with Crippen LogP contribution < -0.4 is 5.32 Å². The van der Waals surface area contributed by atoms with Gasteiger partial charge in [-0.05, 0) is 66.0 Å². The minimum absolute atomic E-state index is 0.0124. The number of rotatable bonds is 6. The van der Waals surface area contributed by atoms with E-state index in [4.69, 9.17) is 0 Å². The highest BCUT2D eigenvalue weighted by molar-refractivity contribution is 7.07. The molecular weight excluding hydrogens is 335 g/mol. The van der Waals surface area contributed by atoms with E-state index < -0.39 is 0 Å². The molecule has 134 valence electrons. The van der Waals surface area contributed by atoms with Gasteiger partial charge < -0.3 is 5.32 Å². The van der Waals surface area contributed by atoms with Crippen molar-refractivity contribution in [2.24, 2.45) is 0 Å². The van der Waals surface area contributed by atoms with Crippen LogP contribution in [-0.4, -0.2) is 30.4 Å². The average molecular weight is 360 g/mol. The summed E-state index contributed by atoms with van der Waals surface area (Å²) in [5, 5.41) is 7.36. The Balaban J connectivity index is 1.60. The molecule has 0 radical (unpaired) electrons. The molecule has 1 aromatic carbocycles. The van der Waals surface area contributed by atoms with Crippen molar-refractivity contribution in [2.45, 2.75) is 38.1 Å². The predicted octanol–water partition coefficient (Wildman–Crippen LogP) is 4.16. The summed E-state index contributed by atoms with van der Waals surface area (Å²) in [6, 6.07) is 8.52. The lowest BCUT2D eigenvalue weighted by Gasteiger charge is -2.30.